The molecule has 3 rings (SSSR count). The Morgan fingerprint density at radius 1 is 1.00 bits per heavy atom. The van der Waals surface area contributed by atoms with Gasteiger partial charge in [-0.15, -0.1) is 0 Å². The summed E-state index contributed by atoms with van der Waals surface area (Å²) in [6.07, 6.45) is 5.08. The number of ether oxygens (including phenoxy) is 3. The van der Waals surface area contributed by atoms with Gasteiger partial charge in [0.05, 0.1) is 18.6 Å². The number of nitrogens with zero attached hydrogens (tertiary/aromatic N) is 1. The van der Waals surface area contributed by atoms with Crippen LogP contribution >= 0.6 is 0 Å². The first-order valence-corrected chi connectivity index (χ1v) is 13.6. The number of hydrogen-bond acceptors (Lipinski definition) is 6. The van der Waals surface area contributed by atoms with Crippen LogP contribution in [-0.2, 0) is 19.1 Å². The molecular weight excluding hydrogens is 482 g/mol. The van der Waals surface area contributed by atoms with Crippen LogP contribution in [0.1, 0.15) is 58.9 Å². The van der Waals surface area contributed by atoms with Crippen LogP contribution in [0.4, 0.5) is 5.69 Å². The highest BCUT2D eigenvalue weighted by Gasteiger charge is 2.32. The van der Waals surface area contributed by atoms with Gasteiger partial charge in [0.1, 0.15) is 12.4 Å². The molecule has 0 radical (unpaired) electrons. The lowest BCUT2D eigenvalue weighted by Gasteiger charge is -2.34. The molecule has 0 aliphatic carbocycles. The summed E-state index contributed by atoms with van der Waals surface area (Å²) in [7, 11) is 0. The molecule has 0 atom stereocenters. The number of carbonyl (C=O) groups excluding carboxylic acids is 1. The number of unbranched alkanes of at least 4 members (excludes halogenated alkanes) is 1. The number of anilines is 1. The molecule has 0 unspecified atom stereocenters. The molecule has 1 aliphatic heterocycles. The summed E-state index contributed by atoms with van der Waals surface area (Å²) in [5.74, 6) is -0.363. The number of carboxylic acid groups (broad SMARTS) is 1. The second-order valence-corrected chi connectivity index (χ2v) is 10.2. The van der Waals surface area contributed by atoms with Crippen molar-refractivity contribution in [2.75, 3.05) is 44.4 Å². The highest BCUT2D eigenvalue weighted by Crippen LogP contribution is 2.34. The van der Waals surface area contributed by atoms with Crippen molar-refractivity contribution < 1.29 is 28.9 Å². The Hall–Kier alpha value is -3.32. The molecule has 0 bridgehead atoms. The summed E-state index contributed by atoms with van der Waals surface area (Å²) in [5, 5.41) is 9.75. The normalized spacial score (nSPS) is 15.1. The summed E-state index contributed by atoms with van der Waals surface area (Å²) in [4.78, 5) is 26.6. The lowest BCUT2D eigenvalue weighted by Crippen LogP contribution is -2.41. The van der Waals surface area contributed by atoms with Crippen LogP contribution in [0.2, 0.25) is 0 Å². The third-order valence-corrected chi connectivity index (χ3v) is 6.59. The second kappa shape index (κ2) is 14.0. The maximum Gasteiger partial charge on any atom is 0.331 e. The minimum absolute atomic E-state index is 0.239. The third kappa shape index (κ3) is 8.09. The van der Waals surface area contributed by atoms with Crippen molar-refractivity contribution in [3.05, 3.63) is 53.6 Å². The van der Waals surface area contributed by atoms with Crippen molar-refractivity contribution in [3.8, 4) is 16.9 Å². The summed E-state index contributed by atoms with van der Waals surface area (Å²) in [6.45, 7) is 11.0. The number of aliphatic carboxylic acids is 1. The molecule has 0 fully saturated rings. The molecule has 206 valence electrons. The molecule has 1 N–H and O–H groups in total. The van der Waals surface area contributed by atoms with Gasteiger partial charge in [-0.2, -0.15) is 0 Å². The number of esters is 1. The van der Waals surface area contributed by atoms with Crippen molar-refractivity contribution in [1.82, 2.24) is 0 Å². The molecule has 7 nitrogen and oxygen atoms in total. The van der Waals surface area contributed by atoms with Crippen molar-refractivity contribution >= 4 is 23.7 Å². The van der Waals surface area contributed by atoms with E-state index in [9.17, 15) is 14.7 Å². The van der Waals surface area contributed by atoms with E-state index in [1.807, 2.05) is 56.3 Å². The van der Waals surface area contributed by atoms with Crippen molar-refractivity contribution in [2.45, 2.75) is 53.4 Å². The molecule has 1 aliphatic rings. The molecule has 2 aromatic carbocycles. The monoisotopic (exact) mass is 523 g/mol. The minimum Gasteiger partial charge on any atom is -0.491 e. The van der Waals surface area contributed by atoms with Gasteiger partial charge >= 0.3 is 11.9 Å². The van der Waals surface area contributed by atoms with Gasteiger partial charge in [0, 0.05) is 31.0 Å². The average molecular weight is 524 g/mol. The SMILES string of the molecule is CCCCOCCOc1ccc(-c2ccc3c(c2)/C=C(/C(=O)O)CCCN3CC(C)(C)C(=O)OCC)cc1. The maximum absolute atomic E-state index is 12.6. The Labute approximate surface area is 226 Å². The van der Waals surface area contributed by atoms with Crippen LogP contribution in [0.25, 0.3) is 17.2 Å². The van der Waals surface area contributed by atoms with Crippen LogP contribution in [-0.4, -0.2) is 56.6 Å². The fourth-order valence-corrected chi connectivity index (χ4v) is 4.49. The van der Waals surface area contributed by atoms with Crippen LogP contribution < -0.4 is 9.64 Å². The van der Waals surface area contributed by atoms with Crippen molar-refractivity contribution in [1.29, 1.82) is 0 Å². The molecule has 0 aromatic heterocycles. The quantitative estimate of drug-likeness (QED) is 0.247. The van der Waals surface area contributed by atoms with Gasteiger partial charge in [-0.1, -0.05) is 31.5 Å². The topological polar surface area (TPSA) is 85.3 Å². The van der Waals surface area contributed by atoms with Crippen LogP contribution in [0, 0.1) is 5.41 Å². The first kappa shape index (κ1) is 29.2. The predicted molar refractivity (Wildman–Crippen MR) is 151 cm³/mol. The van der Waals surface area contributed by atoms with Gasteiger partial charge in [0.25, 0.3) is 0 Å². The predicted octanol–water partition coefficient (Wildman–Crippen LogP) is 6.21. The summed E-state index contributed by atoms with van der Waals surface area (Å²) < 4.78 is 16.6. The first-order valence-electron chi connectivity index (χ1n) is 13.6. The molecular formula is C31H41NO6. The molecule has 0 spiro atoms. The van der Waals surface area contributed by atoms with E-state index in [-0.39, 0.29) is 5.97 Å². The minimum atomic E-state index is -0.901. The smallest absolute Gasteiger partial charge is 0.331 e. The number of carboxylic acids is 1. The Balaban J connectivity index is 1.83. The van der Waals surface area contributed by atoms with Gasteiger partial charge in [-0.05, 0) is 87.1 Å². The number of fused-ring (bicyclic) bond motifs is 1. The van der Waals surface area contributed by atoms with Crippen molar-refractivity contribution in [2.24, 2.45) is 5.41 Å². The highest BCUT2D eigenvalue weighted by atomic mass is 16.5. The molecule has 7 heteroatoms. The fourth-order valence-electron chi connectivity index (χ4n) is 4.49. The zero-order valence-electron chi connectivity index (χ0n) is 23.1. The van der Waals surface area contributed by atoms with E-state index in [0.717, 1.165) is 47.6 Å². The number of rotatable bonds is 13. The van der Waals surface area contributed by atoms with E-state index in [0.29, 0.717) is 51.3 Å². The van der Waals surface area contributed by atoms with Gasteiger partial charge in [-0.25, -0.2) is 4.79 Å². The molecule has 0 amide bonds. The summed E-state index contributed by atoms with van der Waals surface area (Å²) in [5.41, 5.74) is 3.39. The highest BCUT2D eigenvalue weighted by molar-refractivity contribution is 5.94. The second-order valence-electron chi connectivity index (χ2n) is 10.2. The molecule has 38 heavy (non-hydrogen) atoms. The van der Waals surface area contributed by atoms with Gasteiger partial charge < -0.3 is 24.2 Å². The van der Waals surface area contributed by atoms with E-state index in [2.05, 4.69) is 11.8 Å². The number of benzene rings is 2. The van der Waals surface area contributed by atoms with Gasteiger partial charge in [-0.3, -0.25) is 4.79 Å². The fraction of sp³-hybridized carbons (Fsp3) is 0.484. The Morgan fingerprint density at radius 3 is 2.42 bits per heavy atom. The van der Waals surface area contributed by atoms with E-state index in [4.69, 9.17) is 14.2 Å². The third-order valence-electron chi connectivity index (χ3n) is 6.59. The molecule has 1 heterocycles. The molecule has 2 aromatic rings. The zero-order valence-corrected chi connectivity index (χ0v) is 23.1. The van der Waals surface area contributed by atoms with Gasteiger partial charge in [0.15, 0.2) is 0 Å². The Kier molecular flexibility index (Phi) is 10.8. The number of hydrogen-bond donors (Lipinski definition) is 1. The Morgan fingerprint density at radius 2 is 1.74 bits per heavy atom. The number of carbonyl (C=O) groups is 2. The van der Waals surface area contributed by atoms with E-state index in [1.54, 1.807) is 13.0 Å². The Bertz CT molecular complexity index is 1110. The summed E-state index contributed by atoms with van der Waals surface area (Å²) >= 11 is 0. The maximum atomic E-state index is 12.6. The molecule has 0 saturated heterocycles. The average Bonchev–Trinajstić information content (AvgIpc) is 2.88. The van der Waals surface area contributed by atoms with E-state index < -0.39 is 11.4 Å². The summed E-state index contributed by atoms with van der Waals surface area (Å²) in [6, 6.07) is 13.9. The van der Waals surface area contributed by atoms with E-state index in [1.165, 1.54) is 0 Å². The van der Waals surface area contributed by atoms with Crippen LogP contribution in [0.5, 0.6) is 5.75 Å². The lowest BCUT2D eigenvalue weighted by molar-refractivity contribution is -0.152. The zero-order chi connectivity index (χ0) is 27.5. The molecule has 0 saturated carbocycles. The largest absolute Gasteiger partial charge is 0.491 e. The lowest BCUT2D eigenvalue weighted by atomic mass is 9.91. The van der Waals surface area contributed by atoms with Gasteiger partial charge in [0.2, 0.25) is 0 Å². The first-order chi connectivity index (χ1) is 18.2. The van der Waals surface area contributed by atoms with Crippen molar-refractivity contribution in [3.63, 3.8) is 0 Å². The van der Waals surface area contributed by atoms with Crippen LogP contribution in [0.3, 0.4) is 0 Å². The standard InChI is InChI=1S/C31H41NO6/c1-5-7-17-36-18-19-38-27-13-10-23(11-14-27)24-12-15-28-26(20-24)21-25(29(33)34)9-8-16-32(28)22-31(3,4)30(35)37-6-2/h10-15,20-21H,5-9,16-19,22H2,1-4H3,(H,33,34)/b25-21+. The van der Waals surface area contributed by atoms with E-state index >= 15 is 0 Å². The van der Waals surface area contributed by atoms with Crippen LogP contribution in [0.15, 0.2) is 48.0 Å².